The largest absolute Gasteiger partial charge is 0.314 e. The highest BCUT2D eigenvalue weighted by atomic mass is 32.2. The Morgan fingerprint density at radius 3 is 2.84 bits per heavy atom. The van der Waals surface area contributed by atoms with Gasteiger partial charge in [0, 0.05) is 37.5 Å². The number of rotatable bonds is 7. The van der Waals surface area contributed by atoms with Gasteiger partial charge >= 0.3 is 0 Å². The maximum atomic E-state index is 12.2. The predicted octanol–water partition coefficient (Wildman–Crippen LogP) is 0.616. The molecule has 1 N–H and O–H groups in total. The molecule has 0 unspecified atom stereocenters. The molecule has 166 valence electrons. The number of nitrogens with one attached hydrogen (secondary N) is 1. The van der Waals surface area contributed by atoms with Crippen molar-refractivity contribution in [3.8, 4) is 11.4 Å². The molecular formula is C19H21N9O3S. The molecule has 0 radical (unpaired) electrons. The van der Waals surface area contributed by atoms with Crippen LogP contribution in [0.4, 0.5) is 5.95 Å². The first kappa shape index (κ1) is 20.5. The Balaban J connectivity index is 1.44. The summed E-state index contributed by atoms with van der Waals surface area (Å²) >= 11 is 0. The van der Waals surface area contributed by atoms with E-state index in [9.17, 15) is 13.2 Å². The van der Waals surface area contributed by atoms with Crippen LogP contribution >= 0.6 is 0 Å². The topological polar surface area (TPSA) is 132 Å². The van der Waals surface area contributed by atoms with Crippen LogP contribution in [0, 0.1) is 12.5 Å². The minimum atomic E-state index is -3.32. The molecule has 1 aliphatic heterocycles. The quantitative estimate of drug-likeness (QED) is 0.517. The van der Waals surface area contributed by atoms with Crippen molar-refractivity contribution in [1.82, 2.24) is 33.7 Å². The normalized spacial score (nSPS) is 18.2. The van der Waals surface area contributed by atoms with E-state index in [4.69, 9.17) is 6.57 Å². The molecule has 1 amide bonds. The lowest BCUT2D eigenvalue weighted by molar-refractivity contribution is -0.117. The van der Waals surface area contributed by atoms with Gasteiger partial charge in [0.05, 0.1) is 17.5 Å². The number of sulfonamides is 1. The van der Waals surface area contributed by atoms with E-state index < -0.39 is 15.6 Å². The fraction of sp³-hybridized carbons (Fsp3) is 0.474. The first-order valence-corrected chi connectivity index (χ1v) is 11.9. The van der Waals surface area contributed by atoms with E-state index >= 15 is 0 Å². The fourth-order valence-electron chi connectivity index (χ4n) is 3.78. The van der Waals surface area contributed by atoms with Gasteiger partial charge in [-0.2, -0.15) is 18.9 Å². The van der Waals surface area contributed by atoms with Gasteiger partial charge in [0.1, 0.15) is 0 Å². The first-order valence-electron chi connectivity index (χ1n) is 10.2. The van der Waals surface area contributed by atoms with Crippen molar-refractivity contribution >= 4 is 27.5 Å². The van der Waals surface area contributed by atoms with Crippen molar-refractivity contribution in [2.45, 2.75) is 25.3 Å². The van der Waals surface area contributed by atoms with Gasteiger partial charge in [-0.3, -0.25) is 14.8 Å². The standard InChI is InChI=1S/C19H21N9O3S/c1-3-32(30,31)26-11-19(12-26,10-20-2)27-9-14(8-22-27)16-21-7-6-15-23-18(25-28(15)16)24-17(29)13-4-5-13/h6-9,13H,3-5,10-12H2,1H3,(H,24,25,29). The van der Waals surface area contributed by atoms with Crippen molar-refractivity contribution in [3.63, 3.8) is 0 Å². The van der Waals surface area contributed by atoms with Crippen LogP contribution in [0.1, 0.15) is 19.8 Å². The van der Waals surface area contributed by atoms with Gasteiger partial charge in [0.15, 0.2) is 17.0 Å². The average molecular weight is 456 g/mol. The summed E-state index contributed by atoms with van der Waals surface area (Å²) in [5, 5.41) is 11.5. The monoisotopic (exact) mass is 455 g/mol. The summed E-state index contributed by atoms with van der Waals surface area (Å²) in [6.45, 7) is 9.44. The lowest BCUT2D eigenvalue weighted by atomic mass is 9.93. The first-order chi connectivity index (χ1) is 15.3. The molecule has 2 fully saturated rings. The lowest BCUT2D eigenvalue weighted by Crippen LogP contribution is -2.65. The number of hydrogen-bond donors (Lipinski definition) is 1. The van der Waals surface area contributed by atoms with Crippen LogP contribution in [0.5, 0.6) is 0 Å². The number of anilines is 1. The van der Waals surface area contributed by atoms with Gasteiger partial charge in [-0.05, 0) is 19.8 Å². The van der Waals surface area contributed by atoms with E-state index in [0.717, 1.165) is 12.8 Å². The van der Waals surface area contributed by atoms with Crippen LogP contribution in [0.2, 0.25) is 0 Å². The predicted molar refractivity (Wildman–Crippen MR) is 114 cm³/mol. The highest BCUT2D eigenvalue weighted by Gasteiger charge is 2.52. The molecule has 0 bridgehead atoms. The van der Waals surface area contributed by atoms with Crippen molar-refractivity contribution in [3.05, 3.63) is 36.1 Å². The lowest BCUT2D eigenvalue weighted by Gasteiger charge is -2.45. The third kappa shape index (κ3) is 3.41. The van der Waals surface area contributed by atoms with Crippen molar-refractivity contribution in [2.24, 2.45) is 5.92 Å². The van der Waals surface area contributed by atoms with E-state index in [1.807, 2.05) is 0 Å². The molecule has 32 heavy (non-hydrogen) atoms. The van der Waals surface area contributed by atoms with Crippen molar-refractivity contribution in [2.75, 3.05) is 30.7 Å². The van der Waals surface area contributed by atoms with E-state index in [0.29, 0.717) is 17.0 Å². The molecule has 0 spiro atoms. The Bertz CT molecular complexity index is 1340. The van der Waals surface area contributed by atoms with E-state index in [1.54, 1.807) is 36.3 Å². The molecule has 5 rings (SSSR count). The Hall–Kier alpha value is -3.37. The summed E-state index contributed by atoms with van der Waals surface area (Å²) in [7, 11) is -3.32. The summed E-state index contributed by atoms with van der Waals surface area (Å²) in [6, 6.07) is 1.69. The van der Waals surface area contributed by atoms with Gasteiger partial charge in [0.25, 0.3) is 0 Å². The number of aromatic nitrogens is 6. The third-order valence-electron chi connectivity index (χ3n) is 5.84. The third-order valence-corrected chi connectivity index (χ3v) is 7.61. The van der Waals surface area contributed by atoms with Crippen molar-refractivity contribution in [1.29, 1.82) is 0 Å². The highest BCUT2D eigenvalue weighted by Crippen LogP contribution is 2.33. The Morgan fingerprint density at radius 1 is 1.38 bits per heavy atom. The van der Waals surface area contributed by atoms with Crippen LogP contribution < -0.4 is 5.32 Å². The summed E-state index contributed by atoms with van der Waals surface area (Å²) in [6.07, 6.45) is 6.71. The second-order valence-electron chi connectivity index (χ2n) is 8.12. The number of amides is 1. The maximum Gasteiger partial charge on any atom is 0.249 e. The SMILES string of the molecule is [C-]#[N+]CC1(n2cc(-c3nccc4nc(NC(=O)C5CC5)nn34)cn2)CN(S(=O)(=O)CC)C1. The van der Waals surface area contributed by atoms with E-state index in [-0.39, 0.29) is 43.2 Å². The van der Waals surface area contributed by atoms with Crippen LogP contribution in [0.25, 0.3) is 21.9 Å². The van der Waals surface area contributed by atoms with Crippen LogP contribution in [0.3, 0.4) is 0 Å². The highest BCUT2D eigenvalue weighted by molar-refractivity contribution is 7.89. The smallest absolute Gasteiger partial charge is 0.249 e. The minimum absolute atomic E-state index is 0.0172. The number of nitrogens with zero attached hydrogens (tertiary/aromatic N) is 8. The molecule has 3 aromatic rings. The molecule has 0 atom stereocenters. The molecule has 12 nitrogen and oxygen atoms in total. The molecule has 0 aromatic carbocycles. The van der Waals surface area contributed by atoms with Crippen LogP contribution in [-0.2, 0) is 20.4 Å². The van der Waals surface area contributed by atoms with Crippen molar-refractivity contribution < 1.29 is 13.2 Å². The number of fused-ring (bicyclic) bond motifs is 1. The van der Waals surface area contributed by atoms with E-state index in [2.05, 4.69) is 30.3 Å². The molecule has 3 aromatic heterocycles. The molecule has 4 heterocycles. The number of carbonyl (C=O) groups is 1. The van der Waals surface area contributed by atoms with Crippen LogP contribution in [-0.4, -0.2) is 73.4 Å². The maximum absolute atomic E-state index is 12.2. The molecule has 2 aliphatic rings. The molecule has 13 heteroatoms. The van der Waals surface area contributed by atoms with Gasteiger partial charge in [0.2, 0.25) is 28.4 Å². The summed E-state index contributed by atoms with van der Waals surface area (Å²) in [5.74, 6) is 0.662. The fourth-order valence-corrected chi connectivity index (χ4v) is 5.02. The zero-order chi connectivity index (χ0) is 22.5. The van der Waals surface area contributed by atoms with Gasteiger partial charge in [-0.15, -0.1) is 5.10 Å². The Morgan fingerprint density at radius 2 is 2.16 bits per heavy atom. The summed E-state index contributed by atoms with van der Waals surface area (Å²) < 4.78 is 28.9. The second-order valence-corrected chi connectivity index (χ2v) is 10.4. The zero-order valence-corrected chi connectivity index (χ0v) is 18.2. The molecule has 1 saturated carbocycles. The molecular weight excluding hydrogens is 434 g/mol. The average Bonchev–Trinajstić information content (AvgIpc) is 3.34. The van der Waals surface area contributed by atoms with E-state index in [1.165, 1.54) is 8.82 Å². The number of carbonyl (C=O) groups excluding carboxylic acids is 1. The van der Waals surface area contributed by atoms with Crippen LogP contribution in [0.15, 0.2) is 24.7 Å². The van der Waals surface area contributed by atoms with Gasteiger partial charge in [-0.1, -0.05) is 0 Å². The number of hydrogen-bond acceptors (Lipinski definition) is 7. The molecule has 1 aliphatic carbocycles. The Labute approximate surface area is 184 Å². The zero-order valence-electron chi connectivity index (χ0n) is 17.3. The molecule has 1 saturated heterocycles. The second kappa shape index (κ2) is 7.35. The summed E-state index contributed by atoms with van der Waals surface area (Å²) in [5.41, 5.74) is 0.442. The van der Waals surface area contributed by atoms with Gasteiger partial charge < -0.3 is 4.85 Å². The van der Waals surface area contributed by atoms with Gasteiger partial charge in [-0.25, -0.2) is 20.0 Å². The Kier molecular flexibility index (Phi) is 4.72. The minimum Gasteiger partial charge on any atom is -0.314 e. The summed E-state index contributed by atoms with van der Waals surface area (Å²) in [4.78, 5) is 24.3.